The highest BCUT2D eigenvalue weighted by molar-refractivity contribution is 7.88. The molecular weight excluding hydrogens is 678 g/mol. The number of alkyl halides is 3. The van der Waals surface area contributed by atoms with E-state index in [0.717, 1.165) is 11.3 Å². The number of carbonyl (C=O) groups is 2. The third kappa shape index (κ3) is 4.83. The predicted molar refractivity (Wildman–Crippen MR) is 168 cm³/mol. The number of nitrogens with zero attached hydrogens (tertiary/aromatic N) is 1. The summed E-state index contributed by atoms with van der Waals surface area (Å²) in [5, 5.41) is 9.54. The quantitative estimate of drug-likeness (QED) is 0.113. The fourth-order valence-corrected chi connectivity index (χ4v) is 11.5. The van der Waals surface area contributed by atoms with Crippen molar-refractivity contribution in [3.8, 4) is 5.75 Å². The van der Waals surface area contributed by atoms with E-state index < -0.39 is 64.2 Å². The summed E-state index contributed by atoms with van der Waals surface area (Å²) in [7, 11) is -9.96. The van der Waals surface area contributed by atoms with Crippen LogP contribution in [-0.4, -0.2) is 51.1 Å². The molecule has 15 heteroatoms. The number of esters is 1. The summed E-state index contributed by atoms with van der Waals surface area (Å²) in [6.07, 6.45) is 0.918. The molecule has 2 unspecified atom stereocenters. The Morgan fingerprint density at radius 2 is 1.77 bits per heavy atom. The number of halogens is 5. The molecule has 256 valence electrons. The van der Waals surface area contributed by atoms with Gasteiger partial charge in [0, 0.05) is 40.9 Å². The van der Waals surface area contributed by atoms with E-state index in [-0.39, 0.29) is 34.2 Å². The Hall–Kier alpha value is -3.98. The topological polar surface area (TPSA) is 110 Å². The minimum absolute atomic E-state index is 0.0524. The number of fused-ring (bicyclic) bond motifs is 7. The Labute approximate surface area is 274 Å². The standard InChI is InChI=1S/C33H32F5NO7SSi/c1-17-16-31(2,3)39(12-8-11-26(40)41)24-15-25-21(13-19(17)24)32(20-10-7-6-9-18(20)30(42)45-32)22-14-23(34)28(27(35)29(22)48(25,4)5)46-47(43,44)33(36,37)38/h6-7,9-10,13-15,17H,8,11-12,16H2,1-5H3,(H,40,41). The average molecular weight is 710 g/mol. The van der Waals surface area contributed by atoms with Gasteiger partial charge in [0.25, 0.3) is 0 Å². The number of hydrogen-bond donors (Lipinski definition) is 1. The van der Waals surface area contributed by atoms with Crippen LogP contribution in [0.15, 0.2) is 42.5 Å². The second kappa shape index (κ2) is 10.8. The number of anilines is 1. The van der Waals surface area contributed by atoms with Crippen LogP contribution in [0.3, 0.4) is 0 Å². The van der Waals surface area contributed by atoms with Gasteiger partial charge < -0.3 is 18.9 Å². The fourth-order valence-electron chi connectivity index (χ4n) is 7.77. The van der Waals surface area contributed by atoms with Gasteiger partial charge in [-0.1, -0.05) is 38.2 Å². The number of aliphatic carboxylic acids is 1. The van der Waals surface area contributed by atoms with Gasteiger partial charge in [-0.15, -0.1) is 0 Å². The molecule has 0 bridgehead atoms. The van der Waals surface area contributed by atoms with E-state index in [1.165, 1.54) is 6.07 Å². The van der Waals surface area contributed by atoms with Gasteiger partial charge in [-0.3, -0.25) is 4.79 Å². The highest BCUT2D eigenvalue weighted by Gasteiger charge is 2.59. The molecule has 0 radical (unpaired) electrons. The Kier molecular flexibility index (Phi) is 7.60. The van der Waals surface area contributed by atoms with Gasteiger partial charge in [0.1, 0.15) is 8.07 Å². The van der Waals surface area contributed by atoms with Crippen LogP contribution in [-0.2, 0) is 25.3 Å². The van der Waals surface area contributed by atoms with E-state index in [4.69, 9.17) is 4.74 Å². The lowest BCUT2D eigenvalue weighted by Gasteiger charge is -2.50. The molecular formula is C33H32F5NO7SSi. The number of rotatable bonds is 6. The van der Waals surface area contributed by atoms with Crippen molar-refractivity contribution in [2.24, 2.45) is 0 Å². The molecule has 48 heavy (non-hydrogen) atoms. The minimum atomic E-state index is -6.46. The Morgan fingerprint density at radius 3 is 2.42 bits per heavy atom. The maximum absolute atomic E-state index is 16.7. The summed E-state index contributed by atoms with van der Waals surface area (Å²) in [5.74, 6) is -6.87. The first-order valence-electron chi connectivity index (χ1n) is 15.2. The highest BCUT2D eigenvalue weighted by atomic mass is 32.2. The van der Waals surface area contributed by atoms with E-state index in [1.807, 2.05) is 32.9 Å². The van der Waals surface area contributed by atoms with E-state index in [0.29, 0.717) is 36.2 Å². The number of carbonyl (C=O) groups excluding carboxylic acids is 1. The first kappa shape index (κ1) is 33.9. The molecule has 3 aliphatic heterocycles. The second-order valence-corrected chi connectivity index (χ2v) is 19.5. The lowest BCUT2D eigenvalue weighted by Crippen LogP contribution is -2.65. The van der Waals surface area contributed by atoms with Gasteiger partial charge in [-0.2, -0.15) is 21.6 Å². The van der Waals surface area contributed by atoms with Crippen molar-refractivity contribution in [2.75, 3.05) is 11.4 Å². The zero-order chi connectivity index (χ0) is 35.4. The van der Waals surface area contributed by atoms with Gasteiger partial charge in [-0.25, -0.2) is 13.6 Å². The number of carboxylic acid groups (broad SMARTS) is 1. The first-order chi connectivity index (χ1) is 22.1. The molecule has 1 N–H and O–H groups in total. The zero-order valence-corrected chi connectivity index (χ0v) is 28.4. The molecule has 0 aromatic heterocycles. The molecule has 1 spiro atoms. The zero-order valence-electron chi connectivity index (χ0n) is 26.6. The van der Waals surface area contributed by atoms with Crippen LogP contribution in [0.5, 0.6) is 5.75 Å². The van der Waals surface area contributed by atoms with Crippen molar-refractivity contribution in [3.63, 3.8) is 0 Å². The average Bonchev–Trinajstić information content (AvgIpc) is 3.27. The molecule has 3 aromatic rings. The smallest absolute Gasteiger partial charge is 0.481 e. The van der Waals surface area contributed by atoms with Crippen molar-refractivity contribution >= 4 is 46.2 Å². The first-order valence-corrected chi connectivity index (χ1v) is 19.6. The third-order valence-corrected chi connectivity index (χ3v) is 14.2. The van der Waals surface area contributed by atoms with Crippen LogP contribution in [0.25, 0.3) is 0 Å². The van der Waals surface area contributed by atoms with Crippen LogP contribution in [0.1, 0.15) is 78.6 Å². The molecule has 0 amide bonds. The minimum Gasteiger partial charge on any atom is -0.481 e. The summed E-state index contributed by atoms with van der Waals surface area (Å²) in [6, 6.07) is 10.7. The second-order valence-electron chi connectivity index (χ2n) is 13.7. The normalized spacial score (nSPS) is 22.0. The van der Waals surface area contributed by atoms with Crippen molar-refractivity contribution in [1.82, 2.24) is 0 Å². The van der Waals surface area contributed by atoms with Crippen molar-refractivity contribution < 1.29 is 54.0 Å². The molecule has 8 nitrogen and oxygen atoms in total. The summed E-state index contributed by atoms with van der Waals surface area (Å²) in [4.78, 5) is 26.9. The highest BCUT2D eigenvalue weighted by Crippen LogP contribution is 2.53. The maximum Gasteiger partial charge on any atom is 0.534 e. The van der Waals surface area contributed by atoms with Crippen LogP contribution in [0.4, 0.5) is 27.6 Å². The monoisotopic (exact) mass is 709 g/mol. The van der Waals surface area contributed by atoms with Gasteiger partial charge in [-0.05, 0) is 72.8 Å². The molecule has 3 aliphatic rings. The number of benzene rings is 3. The number of hydrogen-bond acceptors (Lipinski definition) is 7. The van der Waals surface area contributed by atoms with E-state index >= 15 is 8.78 Å². The molecule has 0 saturated heterocycles. The lowest BCUT2D eigenvalue weighted by molar-refractivity contribution is -0.137. The fraction of sp³-hybridized carbons (Fsp3) is 0.394. The van der Waals surface area contributed by atoms with E-state index in [2.05, 4.69) is 9.08 Å². The Bertz CT molecular complexity index is 2010. The molecule has 3 aromatic carbocycles. The SMILES string of the molecule is CC1CC(C)(C)N(CCCC(=O)O)c2cc3c(cc21)C1(OC(=O)c2ccccc21)c1cc(F)c(OS(=O)(=O)C(F)(F)F)c(F)c1[Si]3(C)C. The third-order valence-electron chi connectivity index (χ3n) is 9.78. The molecule has 3 heterocycles. The van der Waals surface area contributed by atoms with Crippen molar-refractivity contribution in [1.29, 1.82) is 0 Å². The van der Waals surface area contributed by atoms with E-state index in [1.54, 1.807) is 31.3 Å². The summed E-state index contributed by atoms with van der Waals surface area (Å²) in [6.45, 7) is 9.80. The van der Waals surface area contributed by atoms with Crippen LogP contribution in [0, 0.1) is 11.6 Å². The van der Waals surface area contributed by atoms with Crippen LogP contribution < -0.4 is 19.5 Å². The largest absolute Gasteiger partial charge is 0.534 e. The van der Waals surface area contributed by atoms with Gasteiger partial charge >= 0.3 is 27.6 Å². The summed E-state index contributed by atoms with van der Waals surface area (Å²) < 4.78 is 106. The molecule has 2 atom stereocenters. The maximum atomic E-state index is 16.7. The molecule has 0 fully saturated rings. The molecule has 6 rings (SSSR count). The van der Waals surface area contributed by atoms with Gasteiger partial charge in [0.05, 0.1) is 5.56 Å². The Morgan fingerprint density at radius 1 is 1.10 bits per heavy atom. The Balaban J connectivity index is 1.69. The van der Waals surface area contributed by atoms with Crippen molar-refractivity contribution in [3.05, 3.63) is 81.9 Å². The van der Waals surface area contributed by atoms with Gasteiger partial charge in [0.2, 0.25) is 5.75 Å². The number of carboxylic acids is 1. The molecule has 0 aliphatic carbocycles. The summed E-state index contributed by atoms with van der Waals surface area (Å²) in [5.41, 5.74) is -6.10. The van der Waals surface area contributed by atoms with E-state index in [9.17, 15) is 36.3 Å². The number of ether oxygens (including phenoxy) is 1. The summed E-state index contributed by atoms with van der Waals surface area (Å²) >= 11 is 0. The molecule has 0 saturated carbocycles. The lowest BCUT2D eigenvalue weighted by atomic mass is 9.75. The van der Waals surface area contributed by atoms with Crippen LogP contribution >= 0.6 is 0 Å². The van der Waals surface area contributed by atoms with Crippen LogP contribution in [0.2, 0.25) is 13.1 Å². The predicted octanol–water partition coefficient (Wildman–Crippen LogP) is 5.75. The van der Waals surface area contributed by atoms with Gasteiger partial charge in [0.15, 0.2) is 17.2 Å². The van der Waals surface area contributed by atoms with Crippen molar-refractivity contribution in [2.45, 2.75) is 75.7 Å².